The molecular formula is C29H32ClN3O6S. The number of rotatable bonds is 13. The summed E-state index contributed by atoms with van der Waals surface area (Å²) in [7, 11) is -4.22. The van der Waals surface area contributed by atoms with Crippen molar-refractivity contribution < 1.29 is 27.5 Å². The Balaban J connectivity index is 1.56. The lowest BCUT2D eigenvalue weighted by atomic mass is 10.1. The van der Waals surface area contributed by atoms with E-state index in [1.54, 1.807) is 12.1 Å². The summed E-state index contributed by atoms with van der Waals surface area (Å²) in [6, 6.07) is 15.1. The molecule has 1 aromatic heterocycles. The van der Waals surface area contributed by atoms with E-state index >= 15 is 0 Å². The van der Waals surface area contributed by atoms with Crippen molar-refractivity contribution in [3.05, 3.63) is 94.3 Å². The molecule has 3 aromatic rings. The molecule has 0 unspecified atom stereocenters. The van der Waals surface area contributed by atoms with Gasteiger partial charge in [0.15, 0.2) is 0 Å². The molecule has 2 amide bonds. The van der Waals surface area contributed by atoms with Crippen molar-refractivity contribution in [3.63, 3.8) is 0 Å². The Kier molecular flexibility index (Phi) is 11.2. The summed E-state index contributed by atoms with van der Waals surface area (Å²) in [5.41, 5.74) is 1.27. The Labute approximate surface area is 239 Å². The monoisotopic (exact) mass is 585 g/mol. The van der Waals surface area contributed by atoms with Crippen LogP contribution in [0.2, 0.25) is 5.02 Å². The van der Waals surface area contributed by atoms with Crippen LogP contribution in [0.15, 0.2) is 71.8 Å². The number of hydrogen-bond acceptors (Lipinski definition) is 7. The van der Waals surface area contributed by atoms with E-state index in [-0.39, 0.29) is 33.7 Å². The SMILES string of the molecule is CCCC(CCC)OC(=O)c1ccc(C(=O)NS(=O)(=O)c2ccc(C(=O)NCCc3ccc(Cl)cc3)cc2)cn1. The molecule has 1 heterocycles. The van der Waals surface area contributed by atoms with Crippen LogP contribution in [0.1, 0.15) is 76.3 Å². The van der Waals surface area contributed by atoms with Gasteiger partial charge in [-0.15, -0.1) is 0 Å². The average molecular weight is 586 g/mol. The van der Waals surface area contributed by atoms with Crippen molar-refractivity contribution in [3.8, 4) is 0 Å². The summed E-state index contributed by atoms with van der Waals surface area (Å²) in [4.78, 5) is 41.2. The first kappa shape index (κ1) is 30.8. The van der Waals surface area contributed by atoms with Gasteiger partial charge in [-0.3, -0.25) is 9.59 Å². The maximum Gasteiger partial charge on any atom is 0.357 e. The van der Waals surface area contributed by atoms with Crippen LogP contribution in [0, 0.1) is 0 Å². The number of nitrogens with one attached hydrogen (secondary N) is 2. The first-order valence-corrected chi connectivity index (χ1v) is 14.9. The van der Waals surface area contributed by atoms with Gasteiger partial charge in [0.05, 0.1) is 10.5 Å². The smallest absolute Gasteiger partial charge is 0.357 e. The zero-order chi connectivity index (χ0) is 29.1. The van der Waals surface area contributed by atoms with Crippen LogP contribution < -0.4 is 10.0 Å². The second-order valence-corrected chi connectivity index (χ2v) is 11.2. The van der Waals surface area contributed by atoms with Gasteiger partial charge in [0.2, 0.25) is 0 Å². The molecule has 0 aliphatic rings. The number of benzene rings is 2. The third kappa shape index (κ3) is 8.89. The fraction of sp³-hybridized carbons (Fsp3) is 0.310. The number of carbonyl (C=O) groups is 3. The van der Waals surface area contributed by atoms with Gasteiger partial charge in [-0.25, -0.2) is 22.9 Å². The Bertz CT molecular complexity index is 1400. The summed E-state index contributed by atoms with van der Waals surface area (Å²) in [5.74, 6) is -1.87. The molecule has 0 bridgehead atoms. The fourth-order valence-corrected chi connectivity index (χ4v) is 4.97. The minimum Gasteiger partial charge on any atom is -0.458 e. The predicted octanol–water partition coefficient (Wildman–Crippen LogP) is 4.95. The van der Waals surface area contributed by atoms with E-state index in [1.165, 1.54) is 36.4 Å². The van der Waals surface area contributed by atoms with Crippen LogP contribution in [0.25, 0.3) is 0 Å². The predicted molar refractivity (Wildman–Crippen MR) is 152 cm³/mol. The number of carbonyl (C=O) groups excluding carboxylic acids is 3. The van der Waals surface area contributed by atoms with E-state index in [0.29, 0.717) is 18.0 Å². The van der Waals surface area contributed by atoms with Crippen molar-refractivity contribution >= 4 is 39.4 Å². The van der Waals surface area contributed by atoms with Crippen LogP contribution in [0.3, 0.4) is 0 Å². The second kappa shape index (κ2) is 14.6. The normalized spacial score (nSPS) is 11.2. The van der Waals surface area contributed by atoms with Crippen molar-refractivity contribution in [2.45, 2.75) is 57.0 Å². The van der Waals surface area contributed by atoms with E-state index in [2.05, 4.69) is 10.3 Å². The summed E-state index contributed by atoms with van der Waals surface area (Å²) in [5, 5.41) is 3.41. The molecule has 0 saturated carbocycles. The highest BCUT2D eigenvalue weighted by Crippen LogP contribution is 2.14. The van der Waals surface area contributed by atoms with Crippen LogP contribution in [0.4, 0.5) is 0 Å². The summed E-state index contributed by atoms with van der Waals surface area (Å²) in [6.45, 7) is 4.40. The Morgan fingerprint density at radius 2 is 1.50 bits per heavy atom. The Hall–Kier alpha value is -3.76. The highest BCUT2D eigenvalue weighted by atomic mass is 35.5. The van der Waals surface area contributed by atoms with E-state index in [9.17, 15) is 22.8 Å². The summed E-state index contributed by atoms with van der Waals surface area (Å²) < 4.78 is 32.9. The Morgan fingerprint density at radius 1 is 0.875 bits per heavy atom. The fourth-order valence-electron chi connectivity index (χ4n) is 3.87. The van der Waals surface area contributed by atoms with Crippen molar-refractivity contribution in [1.29, 1.82) is 0 Å². The molecule has 0 saturated heterocycles. The molecule has 2 N–H and O–H groups in total. The number of hydrogen-bond donors (Lipinski definition) is 2. The number of aromatic nitrogens is 1. The van der Waals surface area contributed by atoms with Crippen LogP contribution in [0.5, 0.6) is 0 Å². The highest BCUT2D eigenvalue weighted by Gasteiger charge is 2.21. The molecule has 40 heavy (non-hydrogen) atoms. The summed E-state index contributed by atoms with van der Waals surface area (Å²) >= 11 is 5.87. The standard InChI is InChI=1S/C29H32ClN3O6S/c1-3-5-24(6-4-2)39-29(36)26-16-11-22(19-32-26)28(35)33-40(37,38)25-14-9-21(10-15-25)27(34)31-18-17-20-7-12-23(30)13-8-20/h7-16,19,24H,3-6,17-18H2,1-2H3,(H,31,34)(H,33,35). The third-order valence-corrected chi connectivity index (χ3v) is 7.60. The van der Waals surface area contributed by atoms with Gasteiger partial charge in [-0.05, 0) is 73.4 Å². The van der Waals surface area contributed by atoms with Crippen molar-refractivity contribution in [2.75, 3.05) is 6.54 Å². The minimum absolute atomic E-state index is 0.0265. The topological polar surface area (TPSA) is 132 Å². The van der Waals surface area contributed by atoms with Gasteiger partial charge >= 0.3 is 5.97 Å². The van der Waals surface area contributed by atoms with Crippen LogP contribution in [-0.4, -0.2) is 43.8 Å². The lowest BCUT2D eigenvalue weighted by molar-refractivity contribution is 0.0251. The number of nitrogens with zero attached hydrogens (tertiary/aromatic N) is 1. The molecule has 0 fully saturated rings. The number of amides is 2. The average Bonchev–Trinajstić information content (AvgIpc) is 2.94. The molecule has 0 aliphatic carbocycles. The minimum atomic E-state index is -4.22. The maximum absolute atomic E-state index is 12.7. The molecule has 212 valence electrons. The third-order valence-electron chi connectivity index (χ3n) is 6.00. The molecular weight excluding hydrogens is 554 g/mol. The number of ether oxygens (including phenoxy) is 1. The quantitative estimate of drug-likeness (QED) is 0.271. The van der Waals surface area contributed by atoms with Crippen LogP contribution in [-0.2, 0) is 21.2 Å². The number of sulfonamides is 1. The van der Waals surface area contributed by atoms with E-state index in [1.807, 2.05) is 30.7 Å². The number of halogens is 1. The largest absolute Gasteiger partial charge is 0.458 e. The summed E-state index contributed by atoms with van der Waals surface area (Å²) in [6.07, 6.45) is 4.76. The molecule has 11 heteroatoms. The molecule has 9 nitrogen and oxygen atoms in total. The van der Waals surface area contributed by atoms with Gasteiger partial charge in [0.25, 0.3) is 21.8 Å². The zero-order valence-electron chi connectivity index (χ0n) is 22.4. The molecule has 0 radical (unpaired) electrons. The maximum atomic E-state index is 12.7. The van der Waals surface area contributed by atoms with Gasteiger partial charge in [-0.1, -0.05) is 50.4 Å². The lowest BCUT2D eigenvalue weighted by Gasteiger charge is -2.16. The van der Waals surface area contributed by atoms with E-state index < -0.39 is 21.9 Å². The molecule has 0 spiro atoms. The molecule has 0 atom stereocenters. The van der Waals surface area contributed by atoms with E-state index in [0.717, 1.165) is 37.4 Å². The van der Waals surface area contributed by atoms with Crippen LogP contribution >= 0.6 is 11.6 Å². The van der Waals surface area contributed by atoms with E-state index in [4.69, 9.17) is 16.3 Å². The first-order chi connectivity index (χ1) is 19.1. The van der Waals surface area contributed by atoms with Gasteiger partial charge < -0.3 is 10.1 Å². The second-order valence-electron chi connectivity index (χ2n) is 9.13. The van der Waals surface area contributed by atoms with Gasteiger partial charge in [0, 0.05) is 23.3 Å². The first-order valence-electron chi connectivity index (χ1n) is 13.0. The lowest BCUT2D eigenvalue weighted by Crippen LogP contribution is -2.31. The zero-order valence-corrected chi connectivity index (χ0v) is 23.9. The Morgan fingerprint density at radius 3 is 2.08 bits per heavy atom. The van der Waals surface area contributed by atoms with Gasteiger partial charge in [-0.2, -0.15) is 0 Å². The highest BCUT2D eigenvalue weighted by molar-refractivity contribution is 7.90. The van der Waals surface area contributed by atoms with Crippen molar-refractivity contribution in [1.82, 2.24) is 15.0 Å². The number of esters is 1. The molecule has 0 aliphatic heterocycles. The molecule has 3 rings (SSSR count). The van der Waals surface area contributed by atoms with Crippen molar-refractivity contribution in [2.24, 2.45) is 0 Å². The number of pyridine rings is 1. The molecule has 2 aromatic carbocycles. The van der Waals surface area contributed by atoms with Gasteiger partial charge in [0.1, 0.15) is 11.8 Å².